The van der Waals surface area contributed by atoms with Crippen LogP contribution >= 0.6 is 0 Å². The molecule has 0 atom stereocenters. The predicted octanol–water partition coefficient (Wildman–Crippen LogP) is 3.10. The van der Waals surface area contributed by atoms with Crippen molar-refractivity contribution >= 4 is 21.7 Å². The molecule has 0 radical (unpaired) electrons. The summed E-state index contributed by atoms with van der Waals surface area (Å²) in [5.41, 5.74) is -1.50. The van der Waals surface area contributed by atoms with Crippen molar-refractivity contribution < 1.29 is 35.9 Å². The smallest absolute Gasteiger partial charge is 0.416 e. The molecule has 3 rings (SSSR count). The third kappa shape index (κ3) is 2.82. The van der Waals surface area contributed by atoms with Gasteiger partial charge in [0.05, 0.1) is 16.1 Å². The highest BCUT2D eigenvalue weighted by atomic mass is 32.2. The van der Waals surface area contributed by atoms with Gasteiger partial charge in [0.25, 0.3) is 10.0 Å². The molecule has 1 heterocycles. The van der Waals surface area contributed by atoms with Crippen LogP contribution < -0.4 is 4.31 Å². The summed E-state index contributed by atoms with van der Waals surface area (Å²) in [6.45, 7) is -1.00. The monoisotopic (exact) mass is 375 g/mol. The number of sulfonamides is 1. The van der Waals surface area contributed by atoms with E-state index in [0.29, 0.717) is 16.4 Å². The van der Waals surface area contributed by atoms with Crippen molar-refractivity contribution in [1.82, 2.24) is 0 Å². The molecule has 0 aliphatic carbocycles. The van der Waals surface area contributed by atoms with Crippen molar-refractivity contribution in [2.24, 2.45) is 0 Å². The minimum absolute atomic E-state index is 0.121. The normalized spacial score (nSPS) is 15.4. The van der Waals surface area contributed by atoms with Gasteiger partial charge in [-0.05, 0) is 30.3 Å². The Balaban J connectivity index is 2.35. The van der Waals surface area contributed by atoms with Crippen molar-refractivity contribution in [2.45, 2.75) is 11.1 Å². The average molecular weight is 375 g/mol. The average Bonchev–Trinajstić information content (AvgIpc) is 2.50. The summed E-state index contributed by atoms with van der Waals surface area (Å²) < 4.78 is 78.1. The molecule has 0 amide bonds. The minimum atomic E-state index is -4.68. The van der Waals surface area contributed by atoms with E-state index in [2.05, 4.69) is 0 Å². The zero-order valence-electron chi connectivity index (χ0n) is 12.2. The van der Waals surface area contributed by atoms with Crippen LogP contribution in [-0.2, 0) is 21.0 Å². The Morgan fingerprint density at radius 2 is 1.76 bits per heavy atom. The van der Waals surface area contributed by atoms with E-state index in [1.165, 1.54) is 0 Å². The number of nitrogens with zero attached hydrogens (tertiary/aromatic N) is 1. The third-order valence-corrected chi connectivity index (χ3v) is 5.47. The van der Waals surface area contributed by atoms with Gasteiger partial charge in [-0.2, -0.15) is 13.2 Å². The summed E-state index contributed by atoms with van der Waals surface area (Å²) in [7, 11) is -4.43. The fourth-order valence-electron chi connectivity index (χ4n) is 2.62. The summed E-state index contributed by atoms with van der Waals surface area (Å²) in [6.07, 6.45) is -4.68. The number of hydrogen-bond acceptors (Lipinski definition) is 3. The highest BCUT2D eigenvalue weighted by Gasteiger charge is 2.39. The van der Waals surface area contributed by atoms with E-state index in [4.69, 9.17) is 5.11 Å². The number of carboxylic acid groups (broad SMARTS) is 1. The maximum atomic E-state index is 13.5. The number of halogens is 4. The van der Waals surface area contributed by atoms with Gasteiger partial charge in [0.2, 0.25) is 0 Å². The van der Waals surface area contributed by atoms with Crippen LogP contribution in [0.25, 0.3) is 11.1 Å². The minimum Gasteiger partial charge on any atom is -0.480 e. The first-order chi connectivity index (χ1) is 11.5. The molecule has 1 aliphatic rings. The highest BCUT2D eigenvalue weighted by Crippen LogP contribution is 2.45. The Labute approximate surface area is 139 Å². The molecule has 0 bridgehead atoms. The highest BCUT2D eigenvalue weighted by molar-refractivity contribution is 7.93. The summed E-state index contributed by atoms with van der Waals surface area (Å²) in [4.78, 5) is 10.4. The van der Waals surface area contributed by atoms with E-state index in [9.17, 15) is 30.8 Å². The van der Waals surface area contributed by atoms with Crippen LogP contribution in [0.1, 0.15) is 5.56 Å². The molecule has 0 spiro atoms. The summed E-state index contributed by atoms with van der Waals surface area (Å²) in [5, 5.41) is 8.95. The molecule has 0 unspecified atom stereocenters. The molecule has 0 fully saturated rings. The van der Waals surface area contributed by atoms with Gasteiger partial charge in [-0.1, -0.05) is 6.07 Å². The first-order valence-corrected chi connectivity index (χ1v) is 8.21. The molecule has 25 heavy (non-hydrogen) atoms. The van der Waals surface area contributed by atoms with Crippen molar-refractivity contribution in [3.63, 3.8) is 0 Å². The van der Waals surface area contributed by atoms with Crippen molar-refractivity contribution in [1.29, 1.82) is 0 Å². The van der Waals surface area contributed by atoms with Gasteiger partial charge in [0.15, 0.2) is 0 Å². The lowest BCUT2D eigenvalue weighted by atomic mass is 10.00. The number of benzene rings is 2. The second-order valence-corrected chi connectivity index (χ2v) is 7.11. The number of anilines is 1. The second kappa shape index (κ2) is 5.45. The molecule has 132 valence electrons. The van der Waals surface area contributed by atoms with Crippen molar-refractivity contribution in [3.05, 3.63) is 47.8 Å². The number of fused-ring (bicyclic) bond motifs is 3. The Morgan fingerprint density at radius 1 is 1.08 bits per heavy atom. The first kappa shape index (κ1) is 17.2. The molecule has 0 saturated heterocycles. The van der Waals surface area contributed by atoms with Crippen LogP contribution in [0, 0.1) is 5.82 Å². The van der Waals surface area contributed by atoms with Crippen LogP contribution in [0.15, 0.2) is 41.3 Å². The number of hydrogen-bond donors (Lipinski definition) is 1. The quantitative estimate of drug-likeness (QED) is 0.819. The molecule has 10 heteroatoms. The predicted molar refractivity (Wildman–Crippen MR) is 79.0 cm³/mol. The molecule has 0 aromatic heterocycles. The number of rotatable bonds is 2. The summed E-state index contributed by atoms with van der Waals surface area (Å²) in [5.74, 6) is -2.41. The van der Waals surface area contributed by atoms with E-state index in [-0.39, 0.29) is 16.8 Å². The largest absolute Gasteiger partial charge is 0.480 e. The van der Waals surface area contributed by atoms with Crippen LogP contribution in [0.4, 0.5) is 23.2 Å². The molecule has 1 aliphatic heterocycles. The van der Waals surface area contributed by atoms with E-state index in [1.807, 2.05) is 0 Å². The second-order valence-electron chi connectivity index (χ2n) is 5.28. The Hall–Kier alpha value is -2.62. The molecule has 1 N–H and O–H groups in total. The van der Waals surface area contributed by atoms with Gasteiger partial charge in [-0.15, -0.1) is 0 Å². The lowest BCUT2D eigenvalue weighted by molar-refractivity contribution is -0.137. The van der Waals surface area contributed by atoms with Gasteiger partial charge >= 0.3 is 12.1 Å². The van der Waals surface area contributed by atoms with Gasteiger partial charge in [0, 0.05) is 11.1 Å². The lowest BCUT2D eigenvalue weighted by Crippen LogP contribution is -2.38. The van der Waals surface area contributed by atoms with E-state index < -0.39 is 45.0 Å². The van der Waals surface area contributed by atoms with Gasteiger partial charge in [0.1, 0.15) is 12.4 Å². The number of carbonyl (C=O) groups is 1. The molecular formula is C15H9F4NO4S. The van der Waals surface area contributed by atoms with E-state index in [0.717, 1.165) is 24.3 Å². The Morgan fingerprint density at radius 3 is 2.36 bits per heavy atom. The molecule has 2 aromatic carbocycles. The van der Waals surface area contributed by atoms with Crippen LogP contribution in [0.5, 0.6) is 0 Å². The summed E-state index contributed by atoms with van der Waals surface area (Å²) in [6, 6.07) is 4.91. The lowest BCUT2D eigenvalue weighted by Gasteiger charge is -2.31. The standard InChI is InChI=1S/C15H9F4NO4S/c16-9-2-3-10-11-5-8(15(17,18)19)1-4-12(11)20(7-14(21)22)25(23,24)13(10)6-9/h1-6H,7H2,(H,21,22). The van der Waals surface area contributed by atoms with E-state index in [1.54, 1.807) is 0 Å². The zero-order valence-corrected chi connectivity index (χ0v) is 13.0. The molecule has 2 aromatic rings. The fraction of sp³-hybridized carbons (Fsp3) is 0.133. The molecule has 5 nitrogen and oxygen atoms in total. The topological polar surface area (TPSA) is 74.7 Å². The zero-order chi connectivity index (χ0) is 18.6. The third-order valence-electron chi connectivity index (χ3n) is 3.67. The van der Waals surface area contributed by atoms with Crippen LogP contribution in [0.2, 0.25) is 0 Å². The van der Waals surface area contributed by atoms with Crippen molar-refractivity contribution in [3.8, 4) is 11.1 Å². The molecule has 0 saturated carbocycles. The summed E-state index contributed by atoms with van der Waals surface area (Å²) >= 11 is 0. The SMILES string of the molecule is O=C(O)CN1c2ccc(C(F)(F)F)cc2-c2ccc(F)cc2S1(=O)=O. The van der Waals surface area contributed by atoms with Crippen LogP contribution in [0.3, 0.4) is 0 Å². The van der Waals surface area contributed by atoms with Gasteiger partial charge < -0.3 is 5.11 Å². The Kier molecular flexibility index (Phi) is 3.75. The Bertz CT molecular complexity index is 986. The number of aliphatic carboxylic acids is 1. The maximum Gasteiger partial charge on any atom is 0.416 e. The number of carboxylic acids is 1. The van der Waals surface area contributed by atoms with E-state index >= 15 is 0 Å². The van der Waals surface area contributed by atoms with Gasteiger partial charge in [-0.3, -0.25) is 9.10 Å². The van der Waals surface area contributed by atoms with Crippen LogP contribution in [-0.4, -0.2) is 26.0 Å². The maximum absolute atomic E-state index is 13.5. The number of alkyl halides is 3. The fourth-order valence-corrected chi connectivity index (χ4v) is 4.27. The van der Waals surface area contributed by atoms with Gasteiger partial charge in [-0.25, -0.2) is 12.8 Å². The first-order valence-electron chi connectivity index (χ1n) is 6.77. The molecular weight excluding hydrogens is 366 g/mol. The van der Waals surface area contributed by atoms with Crippen molar-refractivity contribution in [2.75, 3.05) is 10.8 Å².